The van der Waals surface area contributed by atoms with E-state index in [0.717, 1.165) is 56.0 Å². The van der Waals surface area contributed by atoms with Crippen molar-refractivity contribution in [1.29, 1.82) is 5.26 Å². The lowest BCUT2D eigenvalue weighted by molar-refractivity contribution is -0.129. The number of benzene rings is 1. The maximum absolute atomic E-state index is 12.1. The molecule has 0 spiro atoms. The Morgan fingerprint density at radius 2 is 2.23 bits per heavy atom. The number of amides is 1. The smallest absolute Gasteiger partial charge is 0.219 e. The SMILES string of the molecule is CC(=O)N1CCc2c(c(N3CC(C)Cc4ccc(C#N)cc43)nn2[C@H]2CCOC2)C1. The third kappa shape index (κ3) is 3.16. The molecular formula is C23H27N5O2. The van der Waals surface area contributed by atoms with E-state index in [2.05, 4.69) is 28.6 Å². The third-order valence-corrected chi connectivity index (χ3v) is 6.59. The number of aromatic nitrogens is 2. The summed E-state index contributed by atoms with van der Waals surface area (Å²) in [6.45, 7) is 7.52. The standard InChI is InChI=1S/C23H27N5O2/c1-15-9-18-4-3-17(11-24)10-22(18)27(12-15)23-20-13-26(16(2)29)7-5-21(20)28(25-23)19-6-8-30-14-19/h3-4,10,15,19H,5-9,12-14H2,1-2H3/t15?,19-/m0/s1. The summed E-state index contributed by atoms with van der Waals surface area (Å²) in [7, 11) is 0. The van der Waals surface area contributed by atoms with Crippen molar-refractivity contribution in [3.8, 4) is 6.07 Å². The van der Waals surface area contributed by atoms with Crippen LogP contribution in [0.2, 0.25) is 0 Å². The molecule has 1 saturated heterocycles. The molecule has 3 aliphatic heterocycles. The summed E-state index contributed by atoms with van der Waals surface area (Å²) in [4.78, 5) is 16.3. The van der Waals surface area contributed by atoms with Gasteiger partial charge in [-0.3, -0.25) is 9.48 Å². The van der Waals surface area contributed by atoms with E-state index in [-0.39, 0.29) is 11.9 Å². The van der Waals surface area contributed by atoms with Crippen LogP contribution in [0, 0.1) is 17.2 Å². The number of hydrogen-bond acceptors (Lipinski definition) is 5. The fourth-order valence-electron chi connectivity index (χ4n) is 5.04. The Morgan fingerprint density at radius 3 is 2.97 bits per heavy atom. The Bertz CT molecular complexity index is 1030. The fourth-order valence-corrected chi connectivity index (χ4v) is 5.04. The van der Waals surface area contributed by atoms with E-state index < -0.39 is 0 Å². The molecule has 4 heterocycles. The monoisotopic (exact) mass is 405 g/mol. The van der Waals surface area contributed by atoms with Crippen LogP contribution in [0.4, 0.5) is 11.5 Å². The molecule has 2 aromatic rings. The van der Waals surface area contributed by atoms with E-state index in [1.54, 1.807) is 6.92 Å². The van der Waals surface area contributed by atoms with Crippen LogP contribution in [0.25, 0.3) is 0 Å². The van der Waals surface area contributed by atoms with Crippen molar-refractivity contribution in [3.05, 3.63) is 40.6 Å². The van der Waals surface area contributed by atoms with Gasteiger partial charge in [0.05, 0.1) is 30.8 Å². The van der Waals surface area contributed by atoms with E-state index in [1.165, 1.54) is 11.3 Å². The molecule has 0 bridgehead atoms. The molecule has 1 fully saturated rings. The molecule has 156 valence electrons. The minimum absolute atomic E-state index is 0.0997. The Labute approximate surface area is 176 Å². The second-order valence-electron chi connectivity index (χ2n) is 8.78. The van der Waals surface area contributed by atoms with Crippen LogP contribution >= 0.6 is 0 Å². The van der Waals surface area contributed by atoms with E-state index >= 15 is 0 Å². The lowest BCUT2D eigenvalue weighted by Crippen LogP contribution is -2.36. The molecule has 7 heteroatoms. The first-order valence-electron chi connectivity index (χ1n) is 10.8. The number of anilines is 2. The molecule has 30 heavy (non-hydrogen) atoms. The van der Waals surface area contributed by atoms with Gasteiger partial charge in [0, 0.05) is 50.0 Å². The van der Waals surface area contributed by atoms with Crippen molar-refractivity contribution in [1.82, 2.24) is 14.7 Å². The van der Waals surface area contributed by atoms with Crippen LogP contribution in [0.3, 0.4) is 0 Å². The van der Waals surface area contributed by atoms with Crippen LogP contribution in [-0.2, 0) is 28.9 Å². The molecule has 1 unspecified atom stereocenters. The normalized spacial score (nSPS) is 23.1. The summed E-state index contributed by atoms with van der Waals surface area (Å²) in [6, 6.07) is 8.48. The highest BCUT2D eigenvalue weighted by molar-refractivity contribution is 5.75. The van der Waals surface area contributed by atoms with Gasteiger partial charge < -0.3 is 14.5 Å². The average molecular weight is 406 g/mol. The van der Waals surface area contributed by atoms with Crippen molar-refractivity contribution in [2.75, 3.05) is 31.2 Å². The first kappa shape index (κ1) is 19.1. The van der Waals surface area contributed by atoms with E-state index in [4.69, 9.17) is 9.84 Å². The van der Waals surface area contributed by atoms with Crippen molar-refractivity contribution >= 4 is 17.4 Å². The first-order valence-corrected chi connectivity index (χ1v) is 10.8. The molecular weight excluding hydrogens is 378 g/mol. The van der Waals surface area contributed by atoms with E-state index in [9.17, 15) is 10.1 Å². The number of nitriles is 1. The largest absolute Gasteiger partial charge is 0.379 e. The first-order chi connectivity index (χ1) is 14.5. The summed E-state index contributed by atoms with van der Waals surface area (Å²) in [6.07, 6.45) is 2.78. The van der Waals surface area contributed by atoms with Crippen molar-refractivity contribution < 1.29 is 9.53 Å². The summed E-state index contributed by atoms with van der Waals surface area (Å²) in [5.41, 5.74) is 5.36. The minimum Gasteiger partial charge on any atom is -0.379 e. The lowest BCUT2D eigenvalue weighted by Gasteiger charge is -2.35. The summed E-state index contributed by atoms with van der Waals surface area (Å²) < 4.78 is 7.81. The Hall–Kier alpha value is -2.85. The molecule has 0 aliphatic carbocycles. The molecule has 2 atom stereocenters. The molecule has 3 aliphatic rings. The van der Waals surface area contributed by atoms with Gasteiger partial charge in [-0.05, 0) is 36.5 Å². The minimum atomic E-state index is 0.0997. The zero-order valence-corrected chi connectivity index (χ0v) is 17.6. The number of hydrogen-bond donors (Lipinski definition) is 0. The number of fused-ring (bicyclic) bond motifs is 2. The van der Waals surface area contributed by atoms with Gasteiger partial charge in [0.1, 0.15) is 0 Å². The lowest BCUT2D eigenvalue weighted by atomic mass is 9.92. The number of rotatable bonds is 2. The maximum Gasteiger partial charge on any atom is 0.219 e. The van der Waals surface area contributed by atoms with Crippen LogP contribution < -0.4 is 4.90 Å². The molecule has 0 N–H and O–H groups in total. The summed E-state index contributed by atoms with van der Waals surface area (Å²) in [5.74, 6) is 1.52. The number of carbonyl (C=O) groups excluding carboxylic acids is 1. The molecule has 0 radical (unpaired) electrons. The van der Waals surface area contributed by atoms with Crippen LogP contribution in [0.15, 0.2) is 18.2 Å². The van der Waals surface area contributed by atoms with Gasteiger partial charge >= 0.3 is 0 Å². The molecule has 1 aromatic carbocycles. The molecule has 1 aromatic heterocycles. The zero-order chi connectivity index (χ0) is 20.8. The van der Waals surface area contributed by atoms with Crippen LogP contribution in [0.5, 0.6) is 0 Å². The average Bonchev–Trinajstić information content (AvgIpc) is 3.40. The van der Waals surface area contributed by atoms with E-state index in [0.29, 0.717) is 24.6 Å². The molecule has 1 amide bonds. The number of ether oxygens (including phenoxy) is 1. The van der Waals surface area contributed by atoms with Gasteiger partial charge in [-0.1, -0.05) is 13.0 Å². The fraction of sp³-hybridized carbons (Fsp3) is 0.522. The van der Waals surface area contributed by atoms with Gasteiger partial charge in [0.2, 0.25) is 5.91 Å². The number of carbonyl (C=O) groups is 1. The number of nitrogens with zero attached hydrogens (tertiary/aromatic N) is 5. The quantitative estimate of drug-likeness (QED) is 0.768. The van der Waals surface area contributed by atoms with Gasteiger partial charge in [-0.15, -0.1) is 0 Å². The molecule has 0 saturated carbocycles. The van der Waals surface area contributed by atoms with Crippen molar-refractivity contribution in [2.45, 2.75) is 45.7 Å². The van der Waals surface area contributed by atoms with E-state index in [1.807, 2.05) is 17.0 Å². The second kappa shape index (κ2) is 7.44. The highest BCUT2D eigenvalue weighted by Crippen LogP contribution is 2.40. The molecule has 7 nitrogen and oxygen atoms in total. The van der Waals surface area contributed by atoms with Gasteiger partial charge in [-0.2, -0.15) is 10.4 Å². The van der Waals surface area contributed by atoms with Crippen molar-refractivity contribution in [2.24, 2.45) is 5.92 Å². The maximum atomic E-state index is 12.1. The Kier molecular flexibility index (Phi) is 4.75. The van der Waals surface area contributed by atoms with Gasteiger partial charge in [-0.25, -0.2) is 0 Å². The molecule has 5 rings (SSSR count). The Morgan fingerprint density at radius 1 is 1.37 bits per heavy atom. The summed E-state index contributed by atoms with van der Waals surface area (Å²) >= 11 is 0. The van der Waals surface area contributed by atoms with Crippen LogP contribution in [0.1, 0.15) is 48.7 Å². The van der Waals surface area contributed by atoms with Crippen molar-refractivity contribution in [3.63, 3.8) is 0 Å². The predicted molar refractivity (Wildman–Crippen MR) is 113 cm³/mol. The third-order valence-electron chi connectivity index (χ3n) is 6.59. The van der Waals surface area contributed by atoms with Gasteiger partial charge in [0.25, 0.3) is 0 Å². The zero-order valence-electron chi connectivity index (χ0n) is 17.6. The second-order valence-corrected chi connectivity index (χ2v) is 8.78. The highest BCUT2D eigenvalue weighted by atomic mass is 16.5. The topological polar surface area (TPSA) is 74.4 Å². The van der Waals surface area contributed by atoms with Crippen LogP contribution in [-0.4, -0.2) is 46.9 Å². The summed E-state index contributed by atoms with van der Waals surface area (Å²) in [5, 5.41) is 14.6. The van der Waals surface area contributed by atoms with Gasteiger partial charge in [0.15, 0.2) is 5.82 Å². The Balaban J connectivity index is 1.64. The highest BCUT2D eigenvalue weighted by Gasteiger charge is 2.34. The predicted octanol–water partition coefficient (Wildman–Crippen LogP) is 2.95.